The van der Waals surface area contributed by atoms with E-state index in [4.69, 9.17) is 4.84 Å². The smallest absolute Gasteiger partial charge is 0.595 e. The normalized spacial score (nSPS) is 11.6. The van der Waals surface area contributed by atoms with Crippen molar-refractivity contribution in [1.29, 1.82) is 0 Å². The minimum absolute atomic E-state index is 0. The SMILES string of the molecule is CC(C[P+](=O)[O-])=NOCc1ccccc1.[Na+]. The van der Waals surface area contributed by atoms with Gasteiger partial charge < -0.3 is 9.73 Å². The average Bonchev–Trinajstić information content (AvgIpc) is 2.18. The summed E-state index contributed by atoms with van der Waals surface area (Å²) in [6, 6.07) is 9.56. The quantitative estimate of drug-likeness (QED) is 0.281. The van der Waals surface area contributed by atoms with Crippen molar-refractivity contribution in [1.82, 2.24) is 0 Å². The second-order valence-electron chi connectivity index (χ2n) is 3.08. The van der Waals surface area contributed by atoms with E-state index in [0.29, 0.717) is 12.3 Å². The Morgan fingerprint density at radius 3 is 2.62 bits per heavy atom. The van der Waals surface area contributed by atoms with Crippen molar-refractivity contribution in [3.63, 3.8) is 0 Å². The molecule has 16 heavy (non-hydrogen) atoms. The van der Waals surface area contributed by atoms with E-state index in [1.54, 1.807) is 6.92 Å². The first-order valence-electron chi connectivity index (χ1n) is 4.49. The Hall–Kier alpha value is -0.250. The van der Waals surface area contributed by atoms with Crippen molar-refractivity contribution in [3.05, 3.63) is 35.9 Å². The standard InChI is InChI=1S/C10H12NO3P.Na/c1-9(8-15(12)13)11-14-7-10-5-3-2-4-6-10;/h2-6H,7-8H2,1H3;/q;+1. The van der Waals surface area contributed by atoms with Gasteiger partial charge in [0, 0.05) is 0 Å². The van der Waals surface area contributed by atoms with Gasteiger partial charge in [0.05, 0.1) is 0 Å². The summed E-state index contributed by atoms with van der Waals surface area (Å²) in [5.41, 5.74) is 1.46. The largest absolute Gasteiger partial charge is 1.00 e. The molecular weight excluding hydrogens is 236 g/mol. The maximum Gasteiger partial charge on any atom is 1.00 e. The third-order valence-electron chi connectivity index (χ3n) is 1.65. The molecule has 6 heteroatoms. The van der Waals surface area contributed by atoms with Crippen molar-refractivity contribution >= 4 is 13.7 Å². The number of hydrogen-bond acceptors (Lipinski definition) is 4. The molecule has 0 radical (unpaired) electrons. The molecule has 0 aliphatic rings. The Kier molecular flexibility index (Phi) is 8.71. The second kappa shape index (κ2) is 8.85. The van der Waals surface area contributed by atoms with Gasteiger partial charge in [-0.1, -0.05) is 40.1 Å². The van der Waals surface area contributed by atoms with Crippen LogP contribution < -0.4 is 34.5 Å². The van der Waals surface area contributed by atoms with Crippen molar-refractivity contribution in [2.24, 2.45) is 5.16 Å². The molecule has 1 rings (SSSR count). The van der Waals surface area contributed by atoms with Crippen molar-refractivity contribution in [3.8, 4) is 0 Å². The number of nitrogens with zero attached hydrogens (tertiary/aromatic N) is 1. The van der Waals surface area contributed by atoms with Crippen molar-refractivity contribution in [2.75, 3.05) is 6.16 Å². The van der Waals surface area contributed by atoms with Crippen LogP contribution in [0.4, 0.5) is 0 Å². The fourth-order valence-electron chi connectivity index (χ4n) is 1.01. The Balaban J connectivity index is 0.00000225. The van der Waals surface area contributed by atoms with Gasteiger partial charge in [0.25, 0.3) is 0 Å². The zero-order valence-electron chi connectivity index (χ0n) is 9.42. The van der Waals surface area contributed by atoms with Crippen molar-refractivity contribution < 1.29 is 43.9 Å². The molecule has 1 unspecified atom stereocenters. The topological polar surface area (TPSA) is 61.7 Å². The van der Waals surface area contributed by atoms with Crippen LogP contribution >= 0.6 is 8.03 Å². The number of benzene rings is 1. The number of oxime groups is 1. The maximum absolute atomic E-state index is 10.3. The van der Waals surface area contributed by atoms with Gasteiger partial charge in [-0.05, 0) is 12.5 Å². The van der Waals surface area contributed by atoms with E-state index >= 15 is 0 Å². The molecule has 0 N–H and O–H groups in total. The summed E-state index contributed by atoms with van der Waals surface area (Å²) >= 11 is 0. The monoisotopic (exact) mass is 248 g/mol. The fourth-order valence-corrected chi connectivity index (χ4v) is 1.44. The summed E-state index contributed by atoms with van der Waals surface area (Å²) in [5.74, 6) is 0. The van der Waals surface area contributed by atoms with Crippen LogP contribution in [0.15, 0.2) is 35.5 Å². The van der Waals surface area contributed by atoms with Gasteiger partial charge in [-0.2, -0.15) is 0 Å². The summed E-state index contributed by atoms with van der Waals surface area (Å²) < 4.78 is 10.3. The van der Waals surface area contributed by atoms with E-state index in [0.717, 1.165) is 5.56 Å². The predicted octanol–water partition coefficient (Wildman–Crippen LogP) is -1.31. The summed E-state index contributed by atoms with van der Waals surface area (Å²) in [4.78, 5) is 15.3. The molecule has 1 atom stereocenters. The van der Waals surface area contributed by atoms with Crippen LogP contribution in [0.1, 0.15) is 12.5 Å². The minimum atomic E-state index is -2.42. The first kappa shape index (κ1) is 15.8. The minimum Gasteiger partial charge on any atom is -0.595 e. The molecule has 0 aromatic heterocycles. The number of rotatable bonds is 5. The molecule has 1 aromatic rings. The van der Waals surface area contributed by atoms with Gasteiger partial charge in [-0.3, -0.25) is 0 Å². The molecule has 0 saturated heterocycles. The summed E-state index contributed by atoms with van der Waals surface area (Å²) in [6.45, 7) is 1.98. The summed E-state index contributed by atoms with van der Waals surface area (Å²) in [5, 5.41) is 3.69. The maximum atomic E-state index is 10.3. The van der Waals surface area contributed by atoms with E-state index in [1.165, 1.54) is 0 Å². The molecule has 0 bridgehead atoms. The van der Waals surface area contributed by atoms with Crippen LogP contribution in [-0.4, -0.2) is 11.9 Å². The molecule has 0 amide bonds. The number of hydrogen-bond donors (Lipinski definition) is 0. The van der Waals surface area contributed by atoms with Gasteiger partial charge in [-0.15, -0.1) is 0 Å². The Morgan fingerprint density at radius 1 is 1.44 bits per heavy atom. The molecular formula is C10H12NNaO3P+. The molecule has 0 fully saturated rings. The summed E-state index contributed by atoms with van der Waals surface area (Å²) in [7, 11) is -2.42. The first-order chi connectivity index (χ1) is 7.18. The first-order valence-corrected chi connectivity index (χ1v) is 5.86. The molecule has 80 valence electrons. The van der Waals surface area contributed by atoms with Gasteiger partial charge in [0.1, 0.15) is 12.3 Å². The van der Waals surface area contributed by atoms with Gasteiger partial charge >= 0.3 is 37.6 Å². The predicted molar refractivity (Wildman–Crippen MR) is 56.8 cm³/mol. The summed E-state index contributed by atoms with van der Waals surface area (Å²) in [6.07, 6.45) is -0.0515. The van der Waals surface area contributed by atoms with Gasteiger partial charge in [0.2, 0.25) is 0 Å². The van der Waals surface area contributed by atoms with E-state index in [9.17, 15) is 9.46 Å². The molecule has 0 heterocycles. The van der Waals surface area contributed by atoms with E-state index in [2.05, 4.69) is 5.16 Å². The molecule has 4 nitrogen and oxygen atoms in total. The fraction of sp³-hybridized carbons (Fsp3) is 0.300. The average molecular weight is 248 g/mol. The van der Waals surface area contributed by atoms with E-state index < -0.39 is 8.03 Å². The molecule has 1 aromatic carbocycles. The van der Waals surface area contributed by atoms with Crippen LogP contribution in [0, 0.1) is 0 Å². The van der Waals surface area contributed by atoms with E-state index in [1.807, 2.05) is 30.3 Å². The van der Waals surface area contributed by atoms with Crippen LogP contribution in [0.25, 0.3) is 0 Å². The zero-order valence-corrected chi connectivity index (χ0v) is 12.3. The second-order valence-corrected chi connectivity index (χ2v) is 4.06. The Labute approximate surface area is 118 Å². The van der Waals surface area contributed by atoms with E-state index in [-0.39, 0.29) is 35.7 Å². The molecule has 0 aliphatic carbocycles. The molecule has 0 saturated carbocycles. The van der Waals surface area contributed by atoms with Crippen LogP contribution in [0.2, 0.25) is 0 Å². The van der Waals surface area contributed by atoms with Crippen LogP contribution in [0.5, 0.6) is 0 Å². The zero-order chi connectivity index (χ0) is 11.1. The Bertz CT molecular complexity index is 356. The molecule has 0 spiro atoms. The van der Waals surface area contributed by atoms with Crippen LogP contribution in [-0.2, 0) is 16.0 Å². The van der Waals surface area contributed by atoms with Gasteiger partial charge in [0.15, 0.2) is 6.16 Å². The van der Waals surface area contributed by atoms with Crippen molar-refractivity contribution in [2.45, 2.75) is 13.5 Å². The Morgan fingerprint density at radius 2 is 2.06 bits per heavy atom. The third-order valence-corrected chi connectivity index (χ3v) is 2.37. The molecule has 0 aliphatic heterocycles. The van der Waals surface area contributed by atoms with Gasteiger partial charge in [-0.25, -0.2) is 0 Å². The third kappa shape index (κ3) is 7.09. The van der Waals surface area contributed by atoms with Crippen LogP contribution in [0.3, 0.4) is 0 Å².